The van der Waals surface area contributed by atoms with Crippen molar-refractivity contribution in [3.05, 3.63) is 17.8 Å². The van der Waals surface area contributed by atoms with Crippen LogP contribution >= 0.6 is 0 Å². The minimum Gasteiger partial charge on any atom is -0.471 e. The van der Waals surface area contributed by atoms with Crippen molar-refractivity contribution in [2.75, 3.05) is 0 Å². The fraction of sp³-hybridized carbons (Fsp3) is 0.556. The van der Waals surface area contributed by atoms with E-state index in [1.54, 1.807) is 0 Å². The highest BCUT2D eigenvalue weighted by Crippen LogP contribution is 2.13. The van der Waals surface area contributed by atoms with Crippen molar-refractivity contribution in [1.29, 1.82) is 0 Å². The zero-order valence-corrected chi connectivity index (χ0v) is 7.96. The molecule has 0 amide bonds. The van der Waals surface area contributed by atoms with Gasteiger partial charge >= 0.3 is 0 Å². The van der Waals surface area contributed by atoms with Crippen LogP contribution in [0.1, 0.15) is 26.5 Å². The van der Waals surface area contributed by atoms with E-state index in [4.69, 9.17) is 4.74 Å². The number of aromatic nitrogens is 2. The lowest BCUT2D eigenvalue weighted by atomic mass is 10.2. The molecule has 1 heterocycles. The predicted octanol–water partition coefficient (Wildman–Crippen LogP) is 1.96. The molecule has 0 N–H and O–H groups in total. The van der Waals surface area contributed by atoms with E-state index in [2.05, 4.69) is 10.2 Å². The third-order valence-electron chi connectivity index (χ3n) is 1.18. The lowest BCUT2D eigenvalue weighted by Gasteiger charge is -2.19. The number of ether oxygens (including phenoxy) is 1. The number of nitrogens with zero attached hydrogens (tertiary/aromatic N) is 2. The van der Waals surface area contributed by atoms with Gasteiger partial charge in [-0.2, -0.15) is 5.10 Å². The molecule has 0 unspecified atom stereocenters. The van der Waals surface area contributed by atoms with Gasteiger partial charge in [0.1, 0.15) is 5.60 Å². The van der Waals surface area contributed by atoms with Crippen molar-refractivity contribution < 1.29 is 4.74 Å². The predicted molar refractivity (Wildman–Crippen MR) is 47.2 cm³/mol. The molecule has 0 aliphatic carbocycles. The fourth-order valence-corrected chi connectivity index (χ4v) is 0.755. The maximum Gasteiger partial charge on any atom is 0.233 e. The molecule has 1 aromatic rings. The second kappa shape index (κ2) is 3.09. The average Bonchev–Trinajstić information content (AvgIpc) is 1.91. The second-order valence-corrected chi connectivity index (χ2v) is 3.73. The molecule has 0 saturated heterocycles. The normalized spacial score (nSPS) is 11.3. The minimum atomic E-state index is -0.204. The second-order valence-electron chi connectivity index (χ2n) is 3.73. The van der Waals surface area contributed by atoms with Crippen molar-refractivity contribution in [2.45, 2.75) is 33.3 Å². The van der Waals surface area contributed by atoms with Gasteiger partial charge in [-0.3, -0.25) is 0 Å². The van der Waals surface area contributed by atoms with Gasteiger partial charge in [-0.05, 0) is 33.8 Å². The first-order chi connectivity index (χ1) is 5.47. The van der Waals surface area contributed by atoms with Crippen LogP contribution in [0.4, 0.5) is 0 Å². The Hall–Kier alpha value is -1.12. The Bertz CT molecular complexity index is 248. The molecule has 0 aliphatic heterocycles. The largest absolute Gasteiger partial charge is 0.471 e. The van der Waals surface area contributed by atoms with Crippen LogP contribution in [0.25, 0.3) is 0 Å². The first-order valence-corrected chi connectivity index (χ1v) is 3.97. The molecule has 0 aliphatic rings. The van der Waals surface area contributed by atoms with Gasteiger partial charge in [0, 0.05) is 6.07 Å². The summed E-state index contributed by atoms with van der Waals surface area (Å²) in [4.78, 5) is 0. The Morgan fingerprint density at radius 2 is 1.83 bits per heavy atom. The SMILES string of the molecule is Cc1ccc(OC(C)(C)C)nn1. The number of rotatable bonds is 1. The Morgan fingerprint density at radius 1 is 1.17 bits per heavy atom. The Kier molecular flexibility index (Phi) is 2.31. The number of hydrogen-bond donors (Lipinski definition) is 0. The molecular weight excluding hydrogens is 152 g/mol. The van der Waals surface area contributed by atoms with Crippen molar-refractivity contribution in [3.63, 3.8) is 0 Å². The molecule has 12 heavy (non-hydrogen) atoms. The van der Waals surface area contributed by atoms with E-state index in [0.717, 1.165) is 5.69 Å². The Labute approximate surface area is 72.8 Å². The van der Waals surface area contributed by atoms with Crippen molar-refractivity contribution >= 4 is 0 Å². The summed E-state index contributed by atoms with van der Waals surface area (Å²) >= 11 is 0. The third kappa shape index (κ3) is 2.86. The molecule has 1 aromatic heterocycles. The lowest BCUT2D eigenvalue weighted by Crippen LogP contribution is -2.23. The lowest BCUT2D eigenvalue weighted by molar-refractivity contribution is 0.122. The van der Waals surface area contributed by atoms with Crippen molar-refractivity contribution in [3.8, 4) is 5.88 Å². The molecule has 66 valence electrons. The minimum absolute atomic E-state index is 0.204. The van der Waals surface area contributed by atoms with Gasteiger partial charge in [0.25, 0.3) is 0 Å². The van der Waals surface area contributed by atoms with Crippen LogP contribution in [-0.2, 0) is 0 Å². The quantitative estimate of drug-likeness (QED) is 0.639. The van der Waals surface area contributed by atoms with Crippen LogP contribution in [0.3, 0.4) is 0 Å². The summed E-state index contributed by atoms with van der Waals surface area (Å²) in [5.74, 6) is 0.577. The van der Waals surface area contributed by atoms with E-state index >= 15 is 0 Å². The standard InChI is InChI=1S/C9H14N2O/c1-7-5-6-8(11-10-7)12-9(2,3)4/h5-6H,1-4H3. The van der Waals surface area contributed by atoms with E-state index in [1.165, 1.54) is 0 Å². The van der Waals surface area contributed by atoms with Crippen LogP contribution in [0, 0.1) is 6.92 Å². The molecule has 0 bridgehead atoms. The summed E-state index contributed by atoms with van der Waals surface area (Å²) in [5.41, 5.74) is 0.695. The molecule has 0 radical (unpaired) electrons. The summed E-state index contributed by atoms with van der Waals surface area (Å²) in [5, 5.41) is 7.78. The molecular formula is C9H14N2O. The molecule has 3 heteroatoms. The summed E-state index contributed by atoms with van der Waals surface area (Å²) in [7, 11) is 0. The van der Waals surface area contributed by atoms with Crippen LogP contribution < -0.4 is 4.74 Å². The Balaban J connectivity index is 2.71. The summed E-state index contributed by atoms with van der Waals surface area (Å²) < 4.78 is 5.48. The number of aryl methyl sites for hydroxylation is 1. The smallest absolute Gasteiger partial charge is 0.233 e. The molecule has 0 spiro atoms. The topological polar surface area (TPSA) is 35.0 Å². The van der Waals surface area contributed by atoms with Gasteiger partial charge in [-0.25, -0.2) is 0 Å². The van der Waals surface area contributed by atoms with E-state index < -0.39 is 0 Å². The maximum absolute atomic E-state index is 5.48. The summed E-state index contributed by atoms with van der Waals surface area (Å²) in [6.07, 6.45) is 0. The monoisotopic (exact) mass is 166 g/mol. The number of hydrogen-bond acceptors (Lipinski definition) is 3. The van der Waals surface area contributed by atoms with Crippen LogP contribution in [-0.4, -0.2) is 15.8 Å². The third-order valence-corrected chi connectivity index (χ3v) is 1.18. The van der Waals surface area contributed by atoms with Gasteiger partial charge < -0.3 is 4.74 Å². The van der Waals surface area contributed by atoms with Crippen LogP contribution in [0.5, 0.6) is 5.88 Å². The average molecular weight is 166 g/mol. The van der Waals surface area contributed by atoms with Crippen molar-refractivity contribution in [2.24, 2.45) is 0 Å². The molecule has 0 fully saturated rings. The van der Waals surface area contributed by atoms with Gasteiger partial charge in [0.05, 0.1) is 5.69 Å². The summed E-state index contributed by atoms with van der Waals surface area (Å²) in [6.45, 7) is 7.84. The van der Waals surface area contributed by atoms with E-state index in [-0.39, 0.29) is 5.60 Å². The van der Waals surface area contributed by atoms with E-state index in [9.17, 15) is 0 Å². The first-order valence-electron chi connectivity index (χ1n) is 3.97. The van der Waals surface area contributed by atoms with Crippen LogP contribution in [0.2, 0.25) is 0 Å². The van der Waals surface area contributed by atoms with E-state index in [0.29, 0.717) is 5.88 Å². The van der Waals surface area contributed by atoms with Crippen molar-refractivity contribution in [1.82, 2.24) is 10.2 Å². The highest BCUT2D eigenvalue weighted by Gasteiger charge is 2.12. The van der Waals surface area contributed by atoms with Crippen LogP contribution in [0.15, 0.2) is 12.1 Å². The zero-order chi connectivity index (χ0) is 9.19. The summed E-state index contributed by atoms with van der Waals surface area (Å²) in [6, 6.07) is 3.71. The zero-order valence-electron chi connectivity index (χ0n) is 7.96. The molecule has 1 rings (SSSR count). The highest BCUT2D eigenvalue weighted by atomic mass is 16.5. The fourth-order valence-electron chi connectivity index (χ4n) is 0.755. The highest BCUT2D eigenvalue weighted by molar-refractivity contribution is 5.10. The van der Waals surface area contributed by atoms with Gasteiger partial charge in [-0.1, -0.05) is 0 Å². The molecule has 0 aromatic carbocycles. The molecule has 3 nitrogen and oxygen atoms in total. The first kappa shape index (κ1) is 8.97. The maximum atomic E-state index is 5.48. The van der Waals surface area contributed by atoms with Gasteiger partial charge in [0.15, 0.2) is 0 Å². The molecule has 0 saturated carbocycles. The Morgan fingerprint density at radius 3 is 2.25 bits per heavy atom. The van der Waals surface area contributed by atoms with Gasteiger partial charge in [-0.15, -0.1) is 5.10 Å². The van der Waals surface area contributed by atoms with Gasteiger partial charge in [0.2, 0.25) is 5.88 Å². The van der Waals surface area contributed by atoms with E-state index in [1.807, 2.05) is 39.8 Å². The molecule has 0 atom stereocenters.